The number of esters is 1. The lowest BCUT2D eigenvalue weighted by Gasteiger charge is -2.41. The summed E-state index contributed by atoms with van der Waals surface area (Å²) in [6.45, 7) is 4.10. The summed E-state index contributed by atoms with van der Waals surface area (Å²) < 4.78 is 34.2. The third-order valence-electron chi connectivity index (χ3n) is 11.7. The number of carbonyl (C=O) groups excluding carboxylic acids is 1. The fourth-order valence-corrected chi connectivity index (χ4v) is 8.67. The SMILES string of the molecule is CC/C=C\C/C=C\C/C=C\C/C=C\CCCCCOCC(COP(=O)(O)OC1C(O)C(O)C(O)C(O)C1O)OC(=O)CCCCCCCCCCCCCCCCCCCCCCC. The van der Waals surface area contributed by atoms with Crippen molar-refractivity contribution >= 4 is 13.8 Å². The molecule has 13 heteroatoms. The van der Waals surface area contributed by atoms with Gasteiger partial charge in [0.05, 0.1) is 13.2 Å². The summed E-state index contributed by atoms with van der Waals surface area (Å²) in [6.07, 6.45) is 39.0. The van der Waals surface area contributed by atoms with Gasteiger partial charge in [-0.05, 0) is 51.4 Å². The molecule has 0 spiro atoms. The second-order valence-corrected chi connectivity index (χ2v) is 19.1. The molecule has 0 aromatic heterocycles. The number of rotatable bonds is 43. The summed E-state index contributed by atoms with van der Waals surface area (Å²) in [7, 11) is -5.03. The predicted molar refractivity (Wildman–Crippen MR) is 258 cm³/mol. The van der Waals surface area contributed by atoms with E-state index in [2.05, 4.69) is 62.5 Å². The third kappa shape index (κ3) is 32.9. The minimum atomic E-state index is -5.03. The largest absolute Gasteiger partial charge is 0.472 e. The fourth-order valence-electron chi connectivity index (χ4n) is 7.70. The van der Waals surface area contributed by atoms with Gasteiger partial charge in [0.1, 0.15) is 42.7 Å². The molecule has 6 N–H and O–H groups in total. The molecule has 12 nitrogen and oxygen atoms in total. The van der Waals surface area contributed by atoms with Gasteiger partial charge in [-0.1, -0.05) is 197 Å². The van der Waals surface area contributed by atoms with E-state index in [0.29, 0.717) is 13.0 Å². The summed E-state index contributed by atoms with van der Waals surface area (Å²) in [5.41, 5.74) is 0. The van der Waals surface area contributed by atoms with Crippen LogP contribution >= 0.6 is 7.82 Å². The Bertz CT molecular complexity index is 1240. The van der Waals surface area contributed by atoms with Crippen molar-refractivity contribution in [3.05, 3.63) is 48.6 Å². The number of unbranched alkanes of at least 4 members (excludes halogenated alkanes) is 23. The second kappa shape index (κ2) is 41.5. The number of aliphatic hydroxyl groups excluding tert-OH is 5. The molecule has 0 aliphatic heterocycles. The van der Waals surface area contributed by atoms with Gasteiger partial charge in [0.25, 0.3) is 0 Å². The van der Waals surface area contributed by atoms with Crippen LogP contribution in [0.25, 0.3) is 0 Å². The lowest BCUT2D eigenvalue weighted by Crippen LogP contribution is -2.64. The van der Waals surface area contributed by atoms with Crippen molar-refractivity contribution in [1.82, 2.24) is 0 Å². The van der Waals surface area contributed by atoms with Crippen molar-refractivity contribution in [3.8, 4) is 0 Å². The van der Waals surface area contributed by atoms with Gasteiger partial charge >= 0.3 is 13.8 Å². The zero-order valence-electron chi connectivity index (χ0n) is 40.1. The van der Waals surface area contributed by atoms with Crippen molar-refractivity contribution in [1.29, 1.82) is 0 Å². The van der Waals surface area contributed by atoms with Crippen LogP contribution in [-0.4, -0.2) is 98.9 Å². The maximum Gasteiger partial charge on any atom is 0.472 e. The maximum atomic E-state index is 12.8. The van der Waals surface area contributed by atoms with Gasteiger partial charge in [-0.2, -0.15) is 0 Å². The first-order chi connectivity index (χ1) is 31.0. The van der Waals surface area contributed by atoms with Gasteiger partial charge < -0.3 is 39.9 Å². The molecule has 6 atom stereocenters. The van der Waals surface area contributed by atoms with E-state index in [1.54, 1.807) is 0 Å². The number of hydrogen-bond donors (Lipinski definition) is 6. The van der Waals surface area contributed by atoms with E-state index in [-0.39, 0.29) is 13.0 Å². The molecule has 1 aliphatic rings. The van der Waals surface area contributed by atoms with E-state index in [0.717, 1.165) is 70.6 Å². The van der Waals surface area contributed by atoms with Gasteiger partial charge in [-0.25, -0.2) is 4.57 Å². The van der Waals surface area contributed by atoms with E-state index in [9.17, 15) is 39.8 Å². The van der Waals surface area contributed by atoms with Crippen LogP contribution in [0.5, 0.6) is 0 Å². The highest BCUT2D eigenvalue weighted by Crippen LogP contribution is 2.47. The molecule has 1 aliphatic carbocycles. The standard InChI is InChI=1S/C51H93O12P/c1-3-5-7-9-11-13-15-17-19-21-22-23-24-25-26-28-30-32-34-36-38-40-45(52)62-44(43-61-64(58,59)63-51-49(56)47(54)46(53)48(55)50(51)57)42-60-41-39-37-35-33-31-29-27-20-18-16-14-12-10-8-6-4-2/h6,8,12,14,18,20,29,31,44,46-51,53-57H,3-5,7,9-11,13,15-17,19,21-28,30,32-43H2,1-2H3,(H,58,59)/b8-6-,14-12-,20-18-,31-29-. The van der Waals surface area contributed by atoms with Crippen LogP contribution in [0, 0.1) is 0 Å². The summed E-state index contributed by atoms with van der Waals surface area (Å²) in [4.78, 5) is 23.2. The van der Waals surface area contributed by atoms with Crippen LogP contribution in [0.4, 0.5) is 0 Å². The fraction of sp³-hybridized carbons (Fsp3) is 0.824. The zero-order chi connectivity index (χ0) is 46.9. The Morgan fingerprint density at radius 3 is 1.39 bits per heavy atom. The van der Waals surface area contributed by atoms with E-state index < -0.39 is 63.1 Å². The van der Waals surface area contributed by atoms with Gasteiger partial charge in [-0.3, -0.25) is 13.8 Å². The molecule has 374 valence electrons. The third-order valence-corrected chi connectivity index (χ3v) is 12.7. The Kier molecular flexibility index (Phi) is 39.1. The quantitative estimate of drug-likeness (QED) is 0.0147. The molecule has 0 saturated heterocycles. The second-order valence-electron chi connectivity index (χ2n) is 17.6. The Morgan fingerprint density at radius 2 is 0.922 bits per heavy atom. The smallest absolute Gasteiger partial charge is 0.457 e. The normalized spacial score (nSPS) is 22.1. The van der Waals surface area contributed by atoms with E-state index >= 15 is 0 Å². The van der Waals surface area contributed by atoms with Crippen LogP contribution < -0.4 is 0 Å². The summed E-state index contributed by atoms with van der Waals surface area (Å²) in [5.74, 6) is -0.486. The first kappa shape index (κ1) is 60.3. The van der Waals surface area contributed by atoms with E-state index in [1.807, 2.05) is 0 Å². The minimum absolute atomic E-state index is 0.0970. The number of hydrogen-bond acceptors (Lipinski definition) is 11. The van der Waals surface area contributed by atoms with Crippen LogP contribution in [0.15, 0.2) is 48.6 Å². The van der Waals surface area contributed by atoms with Crippen LogP contribution in [0.3, 0.4) is 0 Å². The molecule has 0 heterocycles. The highest BCUT2D eigenvalue weighted by atomic mass is 31.2. The summed E-state index contributed by atoms with van der Waals surface area (Å²) in [5, 5.41) is 50.3. The molecule has 6 unspecified atom stereocenters. The topological polar surface area (TPSA) is 192 Å². The molecule has 64 heavy (non-hydrogen) atoms. The highest BCUT2D eigenvalue weighted by molar-refractivity contribution is 7.47. The summed E-state index contributed by atoms with van der Waals surface area (Å²) >= 11 is 0. The maximum absolute atomic E-state index is 12.8. The number of aliphatic hydroxyl groups is 5. The molecule has 1 fully saturated rings. The molecule has 0 radical (unpaired) electrons. The number of phosphoric ester groups is 1. The Morgan fingerprint density at radius 1 is 0.516 bits per heavy atom. The number of carbonyl (C=O) groups is 1. The number of ether oxygens (including phenoxy) is 2. The number of phosphoric acid groups is 1. The van der Waals surface area contributed by atoms with Crippen molar-refractivity contribution in [2.24, 2.45) is 0 Å². The van der Waals surface area contributed by atoms with Gasteiger partial charge in [-0.15, -0.1) is 0 Å². The molecular formula is C51H93O12P. The van der Waals surface area contributed by atoms with Gasteiger partial charge in [0.15, 0.2) is 0 Å². The average Bonchev–Trinajstić information content (AvgIpc) is 3.28. The molecule has 0 aromatic rings. The van der Waals surface area contributed by atoms with Crippen molar-refractivity contribution in [2.75, 3.05) is 19.8 Å². The Hall–Kier alpha value is -1.70. The first-order valence-corrected chi connectivity index (χ1v) is 27.0. The van der Waals surface area contributed by atoms with Crippen LogP contribution in [-0.2, 0) is 27.9 Å². The molecule has 0 amide bonds. The monoisotopic (exact) mass is 929 g/mol. The average molecular weight is 929 g/mol. The predicted octanol–water partition coefficient (Wildman–Crippen LogP) is 11.2. The molecular weight excluding hydrogens is 836 g/mol. The van der Waals surface area contributed by atoms with Crippen LogP contribution in [0.1, 0.15) is 206 Å². The Labute approximate surface area is 388 Å². The minimum Gasteiger partial charge on any atom is -0.457 e. The van der Waals surface area contributed by atoms with Crippen molar-refractivity contribution < 1.29 is 58.3 Å². The van der Waals surface area contributed by atoms with E-state index in [1.165, 1.54) is 109 Å². The lowest BCUT2D eigenvalue weighted by atomic mass is 9.85. The highest BCUT2D eigenvalue weighted by Gasteiger charge is 2.51. The van der Waals surface area contributed by atoms with Crippen molar-refractivity contribution in [3.63, 3.8) is 0 Å². The molecule has 0 aromatic carbocycles. The van der Waals surface area contributed by atoms with Gasteiger partial charge in [0, 0.05) is 13.0 Å². The summed E-state index contributed by atoms with van der Waals surface area (Å²) in [6, 6.07) is 0. The first-order valence-electron chi connectivity index (χ1n) is 25.5. The zero-order valence-corrected chi connectivity index (χ0v) is 41.0. The van der Waals surface area contributed by atoms with Crippen LogP contribution in [0.2, 0.25) is 0 Å². The Balaban J connectivity index is 2.35. The lowest BCUT2D eigenvalue weighted by molar-refractivity contribution is -0.220. The number of allylic oxidation sites excluding steroid dienone is 8. The van der Waals surface area contributed by atoms with E-state index in [4.69, 9.17) is 18.5 Å². The molecule has 0 bridgehead atoms. The molecule has 1 saturated carbocycles. The van der Waals surface area contributed by atoms with Crippen molar-refractivity contribution in [2.45, 2.75) is 249 Å². The molecule has 1 rings (SSSR count). The van der Waals surface area contributed by atoms with Gasteiger partial charge in [0.2, 0.25) is 0 Å².